The second-order valence-electron chi connectivity index (χ2n) is 6.39. The Morgan fingerprint density at radius 1 is 1.04 bits per heavy atom. The number of aromatic nitrogens is 1. The molecule has 0 atom stereocenters. The van der Waals surface area contributed by atoms with Crippen LogP contribution in [0.2, 0.25) is 0 Å². The van der Waals surface area contributed by atoms with Crippen molar-refractivity contribution in [3.05, 3.63) is 53.2 Å². The van der Waals surface area contributed by atoms with Crippen LogP contribution in [-0.2, 0) is 16.0 Å². The average Bonchev–Trinajstić information content (AvgIpc) is 3.09. The van der Waals surface area contributed by atoms with E-state index in [0.29, 0.717) is 18.4 Å². The van der Waals surface area contributed by atoms with Crippen LogP contribution in [-0.4, -0.2) is 26.8 Å². The summed E-state index contributed by atoms with van der Waals surface area (Å²) in [5.41, 5.74) is 2.01. The van der Waals surface area contributed by atoms with E-state index in [-0.39, 0.29) is 4.90 Å². The van der Waals surface area contributed by atoms with E-state index in [4.69, 9.17) is 4.74 Å². The molecule has 0 saturated carbocycles. The molecule has 0 aliphatic heterocycles. The Kier molecular flexibility index (Phi) is 5.03. The first-order valence-corrected chi connectivity index (χ1v) is 10.1. The van der Waals surface area contributed by atoms with Crippen molar-refractivity contribution < 1.29 is 26.3 Å². The van der Waals surface area contributed by atoms with E-state index in [1.807, 2.05) is 0 Å². The van der Waals surface area contributed by atoms with Gasteiger partial charge < -0.3 is 4.74 Å². The summed E-state index contributed by atoms with van der Waals surface area (Å²) >= 11 is 0. The SMILES string of the molecule is COc1ncc(C2=C(c3ccc(S(C)(=O)=O)cc3)CCC2)cc1C(F)(F)F. The highest BCUT2D eigenvalue weighted by molar-refractivity contribution is 7.90. The highest BCUT2D eigenvalue weighted by atomic mass is 32.2. The molecule has 0 radical (unpaired) electrons. The minimum absolute atomic E-state index is 0.205. The van der Waals surface area contributed by atoms with E-state index in [2.05, 4.69) is 4.98 Å². The maximum absolute atomic E-state index is 13.3. The molecule has 0 bridgehead atoms. The van der Waals surface area contributed by atoms with Gasteiger partial charge in [-0.05, 0) is 59.7 Å². The molecule has 0 fully saturated rings. The van der Waals surface area contributed by atoms with E-state index in [1.54, 1.807) is 12.1 Å². The van der Waals surface area contributed by atoms with Crippen molar-refractivity contribution in [3.63, 3.8) is 0 Å². The molecule has 1 heterocycles. The van der Waals surface area contributed by atoms with E-state index in [9.17, 15) is 21.6 Å². The fraction of sp³-hybridized carbons (Fsp3) is 0.316. The number of hydrogen-bond acceptors (Lipinski definition) is 4. The summed E-state index contributed by atoms with van der Waals surface area (Å²) in [5.74, 6) is -0.455. The molecule has 1 aliphatic carbocycles. The number of benzene rings is 1. The third kappa shape index (κ3) is 4.00. The molecule has 1 aliphatic rings. The molecule has 8 heteroatoms. The lowest BCUT2D eigenvalue weighted by atomic mass is 9.97. The molecule has 1 aromatic heterocycles. The van der Waals surface area contributed by atoms with Crippen LogP contribution in [0.4, 0.5) is 13.2 Å². The second kappa shape index (κ2) is 6.99. The molecule has 4 nitrogen and oxygen atoms in total. The lowest BCUT2D eigenvalue weighted by molar-refractivity contribution is -0.139. The number of allylic oxidation sites excluding steroid dienone is 2. The molecule has 0 saturated heterocycles. The third-order valence-electron chi connectivity index (χ3n) is 4.55. The van der Waals surface area contributed by atoms with Gasteiger partial charge in [0.1, 0.15) is 5.56 Å². The predicted octanol–water partition coefficient (Wildman–Crippen LogP) is 4.61. The van der Waals surface area contributed by atoms with Crippen molar-refractivity contribution in [1.82, 2.24) is 4.98 Å². The van der Waals surface area contributed by atoms with Crippen molar-refractivity contribution in [1.29, 1.82) is 0 Å². The molecule has 0 spiro atoms. The molecular weight excluding hydrogens is 379 g/mol. The number of halogens is 3. The fourth-order valence-electron chi connectivity index (χ4n) is 3.27. The van der Waals surface area contributed by atoms with Gasteiger partial charge in [0, 0.05) is 12.5 Å². The topological polar surface area (TPSA) is 56.3 Å². The Morgan fingerprint density at radius 3 is 2.15 bits per heavy atom. The van der Waals surface area contributed by atoms with Gasteiger partial charge >= 0.3 is 6.18 Å². The molecule has 27 heavy (non-hydrogen) atoms. The maximum Gasteiger partial charge on any atom is 0.421 e. The van der Waals surface area contributed by atoms with Crippen molar-refractivity contribution in [3.8, 4) is 5.88 Å². The van der Waals surface area contributed by atoms with E-state index < -0.39 is 27.5 Å². The summed E-state index contributed by atoms with van der Waals surface area (Å²) in [6.07, 6.45) is 0.107. The summed E-state index contributed by atoms with van der Waals surface area (Å²) in [6.45, 7) is 0. The average molecular weight is 397 g/mol. The van der Waals surface area contributed by atoms with Gasteiger partial charge in [0.15, 0.2) is 9.84 Å². The number of nitrogens with zero attached hydrogens (tertiary/aromatic N) is 1. The predicted molar refractivity (Wildman–Crippen MR) is 96.0 cm³/mol. The number of hydrogen-bond donors (Lipinski definition) is 0. The molecule has 1 aromatic carbocycles. The van der Waals surface area contributed by atoms with Crippen molar-refractivity contribution in [2.75, 3.05) is 13.4 Å². The van der Waals surface area contributed by atoms with Crippen molar-refractivity contribution >= 4 is 21.0 Å². The highest BCUT2D eigenvalue weighted by Crippen LogP contribution is 2.42. The smallest absolute Gasteiger partial charge is 0.421 e. The lowest BCUT2D eigenvalue weighted by Crippen LogP contribution is -2.09. The number of methoxy groups -OCH3 is 1. The number of alkyl halides is 3. The van der Waals surface area contributed by atoms with E-state index in [0.717, 1.165) is 42.6 Å². The normalized spacial score (nSPS) is 15.3. The molecule has 3 rings (SSSR count). The van der Waals surface area contributed by atoms with E-state index >= 15 is 0 Å². The number of rotatable bonds is 4. The van der Waals surface area contributed by atoms with Gasteiger partial charge in [-0.25, -0.2) is 13.4 Å². The Labute approximate surface area is 155 Å². The molecule has 0 amide bonds. The Bertz CT molecular complexity index is 994. The largest absolute Gasteiger partial charge is 0.481 e. The first-order valence-electron chi connectivity index (χ1n) is 8.25. The Balaban J connectivity index is 2.07. The summed E-state index contributed by atoms with van der Waals surface area (Å²) in [4.78, 5) is 4.03. The minimum Gasteiger partial charge on any atom is -0.481 e. The van der Waals surface area contributed by atoms with Crippen molar-refractivity contribution in [2.45, 2.75) is 30.3 Å². The van der Waals surface area contributed by atoms with Gasteiger partial charge in [0.25, 0.3) is 0 Å². The Hall–Kier alpha value is -2.35. The second-order valence-corrected chi connectivity index (χ2v) is 8.40. The lowest BCUT2D eigenvalue weighted by Gasteiger charge is -2.14. The van der Waals surface area contributed by atoms with Gasteiger partial charge in [-0.3, -0.25) is 0 Å². The fourth-order valence-corrected chi connectivity index (χ4v) is 3.90. The zero-order valence-corrected chi connectivity index (χ0v) is 15.6. The highest BCUT2D eigenvalue weighted by Gasteiger charge is 2.36. The number of ether oxygens (including phenoxy) is 1. The maximum atomic E-state index is 13.3. The monoisotopic (exact) mass is 397 g/mol. The summed E-state index contributed by atoms with van der Waals surface area (Å²) in [7, 11) is -2.15. The summed E-state index contributed by atoms with van der Waals surface area (Å²) in [6, 6.07) is 7.48. The van der Waals surface area contributed by atoms with Crippen LogP contribution in [0.15, 0.2) is 41.4 Å². The van der Waals surface area contributed by atoms with Crippen LogP contribution < -0.4 is 4.74 Å². The first kappa shape index (κ1) is 19.4. The molecular formula is C19H18F3NO3S. The van der Waals surface area contributed by atoms with Gasteiger partial charge in [-0.15, -0.1) is 0 Å². The van der Waals surface area contributed by atoms with Crippen LogP contribution in [0.5, 0.6) is 5.88 Å². The van der Waals surface area contributed by atoms with Gasteiger partial charge in [0.2, 0.25) is 5.88 Å². The molecule has 0 unspecified atom stereocenters. The van der Waals surface area contributed by atoms with E-state index in [1.165, 1.54) is 18.3 Å². The summed E-state index contributed by atoms with van der Waals surface area (Å²) in [5, 5.41) is 0. The zero-order valence-electron chi connectivity index (χ0n) is 14.8. The van der Waals surface area contributed by atoms with Crippen LogP contribution >= 0.6 is 0 Å². The number of pyridine rings is 1. The Morgan fingerprint density at radius 2 is 1.63 bits per heavy atom. The molecule has 144 valence electrons. The van der Waals surface area contributed by atoms with Crippen molar-refractivity contribution in [2.24, 2.45) is 0 Å². The molecule has 2 aromatic rings. The quantitative estimate of drug-likeness (QED) is 0.756. The van der Waals surface area contributed by atoms with Crippen LogP contribution in [0, 0.1) is 0 Å². The van der Waals surface area contributed by atoms with Crippen LogP contribution in [0.1, 0.15) is 36.0 Å². The minimum atomic E-state index is -4.56. The summed E-state index contributed by atoms with van der Waals surface area (Å²) < 4.78 is 67.8. The first-order chi connectivity index (χ1) is 12.6. The number of sulfone groups is 1. The standard InChI is InChI=1S/C19H18F3NO3S/c1-26-18-17(19(20,21)22)10-13(11-23-18)16-5-3-4-15(16)12-6-8-14(9-7-12)27(2,24)25/h6-11H,3-5H2,1-2H3. The molecule has 0 N–H and O–H groups in total. The van der Waals surface area contributed by atoms with Gasteiger partial charge in [0.05, 0.1) is 12.0 Å². The van der Waals surface area contributed by atoms with Gasteiger partial charge in [-0.1, -0.05) is 12.1 Å². The van der Waals surface area contributed by atoms with Crippen LogP contribution in [0.3, 0.4) is 0 Å². The third-order valence-corrected chi connectivity index (χ3v) is 5.68. The zero-order chi connectivity index (χ0) is 19.8. The van der Waals surface area contributed by atoms with Gasteiger partial charge in [-0.2, -0.15) is 13.2 Å². The van der Waals surface area contributed by atoms with Crippen LogP contribution in [0.25, 0.3) is 11.1 Å².